The number of anilines is 2. The fraction of sp³-hybridized carbons (Fsp3) is 0.250. The van der Waals surface area contributed by atoms with Gasteiger partial charge in [0.2, 0.25) is 0 Å². The first kappa shape index (κ1) is 17.9. The predicted octanol–water partition coefficient (Wildman–Crippen LogP) is 4.85. The summed E-state index contributed by atoms with van der Waals surface area (Å²) in [5.41, 5.74) is 4.32. The van der Waals surface area contributed by atoms with Crippen LogP contribution in [0.5, 0.6) is 0 Å². The molecule has 4 aromatic rings. The summed E-state index contributed by atoms with van der Waals surface area (Å²) < 4.78 is 2.14. The highest BCUT2D eigenvalue weighted by Gasteiger charge is 2.20. The van der Waals surface area contributed by atoms with Gasteiger partial charge in [0.15, 0.2) is 0 Å². The summed E-state index contributed by atoms with van der Waals surface area (Å²) in [5, 5.41) is 8.19. The van der Waals surface area contributed by atoms with Gasteiger partial charge in [0.1, 0.15) is 11.6 Å². The topological polar surface area (TPSA) is 54.8 Å². The van der Waals surface area contributed by atoms with Crippen LogP contribution in [0.1, 0.15) is 24.6 Å². The van der Waals surface area contributed by atoms with Gasteiger partial charge in [-0.3, -0.25) is 0 Å². The highest BCUT2D eigenvalue weighted by atomic mass is 15.0. The molecule has 5 nitrogen and oxygen atoms in total. The van der Waals surface area contributed by atoms with E-state index in [1.165, 1.54) is 10.9 Å². The molecule has 0 aliphatic carbocycles. The fourth-order valence-corrected chi connectivity index (χ4v) is 4.04. The zero-order chi connectivity index (χ0) is 19.6. The monoisotopic (exact) mass is 383 g/mol. The standard InChI is InChI=1S/C24H25N5/c1-29-14-11-18-7-8-20(15-22(18)29)26-23-16-21(17-5-3-2-4-6-17)27-24(28-23)19-9-12-25-13-10-19/h2-8,11,14-16,19,25H,9-10,12-13H2,1H3,(H,26,27,28). The van der Waals surface area contributed by atoms with Gasteiger partial charge in [-0.2, -0.15) is 0 Å². The number of aryl methyl sites for hydroxylation is 1. The van der Waals surface area contributed by atoms with Crippen LogP contribution in [0.4, 0.5) is 11.5 Å². The van der Waals surface area contributed by atoms with Crippen LogP contribution in [-0.2, 0) is 7.05 Å². The van der Waals surface area contributed by atoms with Crippen LogP contribution in [0, 0.1) is 0 Å². The van der Waals surface area contributed by atoms with Crippen molar-refractivity contribution in [3.63, 3.8) is 0 Å². The normalized spacial score (nSPS) is 14.9. The Balaban J connectivity index is 1.54. The van der Waals surface area contributed by atoms with Gasteiger partial charge in [0, 0.05) is 42.0 Å². The molecule has 146 valence electrons. The van der Waals surface area contributed by atoms with E-state index in [2.05, 4.69) is 83.0 Å². The van der Waals surface area contributed by atoms with Gasteiger partial charge in [-0.15, -0.1) is 0 Å². The van der Waals surface area contributed by atoms with E-state index >= 15 is 0 Å². The van der Waals surface area contributed by atoms with Crippen molar-refractivity contribution in [3.05, 3.63) is 72.7 Å². The lowest BCUT2D eigenvalue weighted by Crippen LogP contribution is -2.27. The summed E-state index contributed by atoms with van der Waals surface area (Å²) in [6.45, 7) is 2.05. The van der Waals surface area contributed by atoms with Crippen molar-refractivity contribution in [1.29, 1.82) is 0 Å². The van der Waals surface area contributed by atoms with Gasteiger partial charge in [-0.05, 0) is 49.5 Å². The van der Waals surface area contributed by atoms with Gasteiger partial charge in [0.25, 0.3) is 0 Å². The maximum Gasteiger partial charge on any atom is 0.134 e. The lowest BCUT2D eigenvalue weighted by molar-refractivity contribution is 0.445. The van der Waals surface area contributed by atoms with Gasteiger partial charge >= 0.3 is 0 Å². The molecule has 29 heavy (non-hydrogen) atoms. The summed E-state index contributed by atoms with van der Waals surface area (Å²) in [4.78, 5) is 9.85. The van der Waals surface area contributed by atoms with Crippen LogP contribution in [0.15, 0.2) is 66.9 Å². The molecule has 1 aliphatic heterocycles. The molecule has 2 aromatic heterocycles. The van der Waals surface area contributed by atoms with Gasteiger partial charge in [-0.25, -0.2) is 9.97 Å². The molecule has 0 saturated carbocycles. The van der Waals surface area contributed by atoms with E-state index in [0.29, 0.717) is 5.92 Å². The molecule has 1 aliphatic rings. The molecule has 0 amide bonds. The van der Waals surface area contributed by atoms with Gasteiger partial charge in [0.05, 0.1) is 5.69 Å². The first-order valence-electron chi connectivity index (χ1n) is 10.2. The molecule has 1 saturated heterocycles. The Morgan fingerprint density at radius 2 is 1.79 bits per heavy atom. The Kier molecular flexibility index (Phi) is 4.74. The largest absolute Gasteiger partial charge is 0.350 e. The molecule has 2 N–H and O–H groups in total. The van der Waals surface area contributed by atoms with Crippen molar-refractivity contribution < 1.29 is 0 Å². The highest BCUT2D eigenvalue weighted by Crippen LogP contribution is 2.29. The van der Waals surface area contributed by atoms with Gasteiger partial charge in [-0.1, -0.05) is 36.4 Å². The average Bonchev–Trinajstić information content (AvgIpc) is 3.15. The van der Waals surface area contributed by atoms with Crippen LogP contribution in [-0.4, -0.2) is 27.6 Å². The molecule has 5 rings (SSSR count). The number of hydrogen-bond donors (Lipinski definition) is 2. The second-order valence-electron chi connectivity index (χ2n) is 7.71. The Bertz CT molecular complexity index is 1130. The average molecular weight is 383 g/mol. The Morgan fingerprint density at radius 1 is 0.966 bits per heavy atom. The zero-order valence-corrected chi connectivity index (χ0v) is 16.6. The summed E-state index contributed by atoms with van der Waals surface area (Å²) in [6.07, 6.45) is 4.24. The minimum absolute atomic E-state index is 0.399. The number of nitrogens with one attached hydrogen (secondary N) is 2. The second-order valence-corrected chi connectivity index (χ2v) is 7.71. The molecule has 0 unspecified atom stereocenters. The number of hydrogen-bond acceptors (Lipinski definition) is 4. The lowest BCUT2D eigenvalue weighted by atomic mass is 9.97. The molecule has 0 atom stereocenters. The third-order valence-electron chi connectivity index (χ3n) is 5.68. The van der Waals surface area contributed by atoms with Gasteiger partial charge < -0.3 is 15.2 Å². The number of nitrogens with zero attached hydrogens (tertiary/aromatic N) is 3. The van der Waals surface area contributed by atoms with Crippen molar-refractivity contribution >= 4 is 22.4 Å². The van der Waals surface area contributed by atoms with Crippen LogP contribution in [0.2, 0.25) is 0 Å². The lowest BCUT2D eigenvalue weighted by Gasteiger charge is -2.22. The third kappa shape index (κ3) is 3.74. The Labute approximate surface area is 170 Å². The van der Waals surface area contributed by atoms with Crippen molar-refractivity contribution in [2.24, 2.45) is 7.05 Å². The molecule has 0 bridgehead atoms. The van der Waals surface area contributed by atoms with Crippen LogP contribution < -0.4 is 10.6 Å². The molecule has 2 aromatic carbocycles. The second kappa shape index (κ2) is 7.68. The van der Waals surface area contributed by atoms with E-state index < -0.39 is 0 Å². The predicted molar refractivity (Wildman–Crippen MR) is 119 cm³/mol. The molecule has 0 spiro atoms. The highest BCUT2D eigenvalue weighted by molar-refractivity contribution is 5.84. The summed E-state index contributed by atoms with van der Waals surface area (Å²) >= 11 is 0. The van der Waals surface area contributed by atoms with Crippen molar-refractivity contribution in [1.82, 2.24) is 19.9 Å². The molecule has 0 radical (unpaired) electrons. The Morgan fingerprint density at radius 3 is 2.62 bits per heavy atom. The van der Waals surface area contributed by atoms with E-state index in [9.17, 15) is 0 Å². The van der Waals surface area contributed by atoms with Crippen molar-refractivity contribution in [2.75, 3.05) is 18.4 Å². The van der Waals surface area contributed by atoms with Crippen LogP contribution >= 0.6 is 0 Å². The maximum absolute atomic E-state index is 4.94. The molecular weight excluding hydrogens is 358 g/mol. The number of piperidine rings is 1. The number of aromatic nitrogens is 3. The first-order valence-corrected chi connectivity index (χ1v) is 10.2. The van der Waals surface area contributed by atoms with Crippen LogP contribution in [0.25, 0.3) is 22.2 Å². The smallest absolute Gasteiger partial charge is 0.134 e. The number of benzene rings is 2. The Hall–Kier alpha value is -3.18. The fourth-order valence-electron chi connectivity index (χ4n) is 4.04. The van der Waals surface area contributed by atoms with E-state index in [-0.39, 0.29) is 0 Å². The number of fused-ring (bicyclic) bond motifs is 1. The third-order valence-corrected chi connectivity index (χ3v) is 5.68. The van der Waals surface area contributed by atoms with E-state index in [0.717, 1.165) is 54.5 Å². The van der Waals surface area contributed by atoms with Crippen LogP contribution in [0.3, 0.4) is 0 Å². The summed E-state index contributed by atoms with van der Waals surface area (Å²) in [6, 6.07) is 21.0. The minimum atomic E-state index is 0.399. The number of rotatable bonds is 4. The van der Waals surface area contributed by atoms with Crippen molar-refractivity contribution in [3.8, 4) is 11.3 Å². The molecule has 1 fully saturated rings. The SMILES string of the molecule is Cn1ccc2ccc(Nc3cc(-c4ccccc4)nc(C4CCNCC4)n3)cc21. The zero-order valence-electron chi connectivity index (χ0n) is 16.6. The van der Waals surface area contributed by atoms with E-state index in [1.54, 1.807) is 0 Å². The minimum Gasteiger partial charge on any atom is -0.350 e. The molecular formula is C24H25N5. The molecule has 5 heteroatoms. The molecule has 3 heterocycles. The maximum atomic E-state index is 4.94. The van der Waals surface area contributed by atoms with Crippen molar-refractivity contribution in [2.45, 2.75) is 18.8 Å². The quantitative estimate of drug-likeness (QED) is 0.529. The summed E-state index contributed by atoms with van der Waals surface area (Å²) in [7, 11) is 2.07. The summed E-state index contributed by atoms with van der Waals surface area (Å²) in [5.74, 6) is 2.19. The van der Waals surface area contributed by atoms with E-state index in [4.69, 9.17) is 9.97 Å². The van der Waals surface area contributed by atoms with E-state index in [1.807, 2.05) is 6.07 Å². The first-order chi connectivity index (χ1) is 14.3.